The fraction of sp³-hybridized carbons (Fsp3) is 0.650. The summed E-state index contributed by atoms with van der Waals surface area (Å²) in [5.41, 5.74) is 1.14. The van der Waals surface area contributed by atoms with Crippen LogP contribution in [0, 0.1) is 0 Å². The Morgan fingerprint density at radius 3 is 2.29 bits per heavy atom. The molecule has 7 nitrogen and oxygen atoms in total. The first-order chi connectivity index (χ1) is 13.3. The van der Waals surface area contributed by atoms with Gasteiger partial charge in [-0.1, -0.05) is 12.1 Å². The zero-order valence-electron chi connectivity index (χ0n) is 17.1. The Morgan fingerprint density at radius 2 is 1.68 bits per heavy atom. The molecule has 156 valence electrons. The molecule has 1 aromatic rings. The van der Waals surface area contributed by atoms with Crippen LogP contribution in [0.3, 0.4) is 0 Å². The van der Waals surface area contributed by atoms with Crippen LogP contribution in [-0.2, 0) is 14.6 Å². The summed E-state index contributed by atoms with van der Waals surface area (Å²) in [5, 5.41) is 0. The lowest BCUT2D eigenvalue weighted by Gasteiger charge is -2.36. The second kappa shape index (κ2) is 8.29. The summed E-state index contributed by atoms with van der Waals surface area (Å²) < 4.78 is 28.4. The van der Waals surface area contributed by atoms with E-state index in [4.69, 9.17) is 4.74 Å². The van der Waals surface area contributed by atoms with Crippen LogP contribution in [-0.4, -0.2) is 81.1 Å². The molecule has 0 aliphatic carbocycles. The van der Waals surface area contributed by atoms with Gasteiger partial charge in [-0.2, -0.15) is 0 Å². The predicted octanol–water partition coefficient (Wildman–Crippen LogP) is 1.59. The number of para-hydroxylation sites is 2. The van der Waals surface area contributed by atoms with Gasteiger partial charge >= 0.3 is 0 Å². The third kappa shape index (κ3) is 4.12. The van der Waals surface area contributed by atoms with Gasteiger partial charge in [-0.25, -0.2) is 8.42 Å². The lowest BCUT2D eigenvalue weighted by molar-refractivity contribution is -0.130. The monoisotopic (exact) mass is 409 g/mol. The Bertz CT molecular complexity index is 801. The number of sulfone groups is 1. The number of hydrogen-bond donors (Lipinski definition) is 0. The number of piperazine rings is 1. The molecule has 0 bridgehead atoms. The standard InChI is InChI=1S/C20H31N3O4S/c1-20(2)19(24)23(16-28(20,25)26)11-7-6-10-21-12-14-22(15-13-21)17-8-4-5-9-18(17)27-3/h4-5,8-9H,6-7,10-16H2,1-3H3. The van der Waals surface area contributed by atoms with Crippen LogP contribution in [0.1, 0.15) is 26.7 Å². The SMILES string of the molecule is COc1ccccc1N1CCN(CCCCN2CS(=O)(=O)C(C)(C)C2=O)CC1. The molecule has 28 heavy (non-hydrogen) atoms. The lowest BCUT2D eigenvalue weighted by Crippen LogP contribution is -2.46. The van der Waals surface area contributed by atoms with Crippen molar-refractivity contribution in [2.24, 2.45) is 0 Å². The third-order valence-electron chi connectivity index (χ3n) is 5.86. The molecule has 1 aromatic carbocycles. The van der Waals surface area contributed by atoms with Gasteiger partial charge in [0.15, 0.2) is 9.84 Å². The molecule has 3 rings (SSSR count). The molecule has 0 spiro atoms. The zero-order chi connectivity index (χ0) is 20.4. The van der Waals surface area contributed by atoms with E-state index < -0.39 is 14.6 Å². The molecular formula is C20H31N3O4S. The average molecular weight is 410 g/mol. The van der Waals surface area contributed by atoms with Gasteiger partial charge in [0.05, 0.1) is 12.8 Å². The van der Waals surface area contributed by atoms with Crippen molar-refractivity contribution in [3.63, 3.8) is 0 Å². The van der Waals surface area contributed by atoms with Gasteiger partial charge in [0.25, 0.3) is 0 Å². The Hall–Kier alpha value is -1.80. The van der Waals surface area contributed by atoms with Crippen LogP contribution in [0.2, 0.25) is 0 Å². The van der Waals surface area contributed by atoms with E-state index in [0.29, 0.717) is 6.54 Å². The maximum atomic E-state index is 12.3. The number of rotatable bonds is 7. The molecule has 0 radical (unpaired) electrons. The summed E-state index contributed by atoms with van der Waals surface area (Å²) in [6.45, 7) is 8.39. The molecular weight excluding hydrogens is 378 g/mol. The van der Waals surface area contributed by atoms with Gasteiger partial charge in [-0.3, -0.25) is 9.69 Å². The molecule has 2 heterocycles. The molecule has 2 aliphatic heterocycles. The minimum Gasteiger partial charge on any atom is -0.495 e. The fourth-order valence-electron chi connectivity index (χ4n) is 3.85. The van der Waals surface area contributed by atoms with Crippen LogP contribution < -0.4 is 9.64 Å². The fourth-order valence-corrected chi connectivity index (χ4v) is 5.22. The minimum atomic E-state index is -3.37. The first-order valence-corrected chi connectivity index (χ1v) is 11.5. The Morgan fingerprint density at radius 1 is 1.04 bits per heavy atom. The number of anilines is 1. The normalized spacial score (nSPS) is 21.9. The number of methoxy groups -OCH3 is 1. The summed E-state index contributed by atoms with van der Waals surface area (Å²) >= 11 is 0. The maximum absolute atomic E-state index is 12.3. The van der Waals surface area contributed by atoms with Crippen LogP contribution >= 0.6 is 0 Å². The van der Waals surface area contributed by atoms with E-state index in [9.17, 15) is 13.2 Å². The summed E-state index contributed by atoms with van der Waals surface area (Å²) in [7, 11) is -1.67. The summed E-state index contributed by atoms with van der Waals surface area (Å²) in [6.07, 6.45) is 1.78. The van der Waals surface area contributed by atoms with Crippen LogP contribution in [0.5, 0.6) is 5.75 Å². The molecule has 8 heteroatoms. The largest absolute Gasteiger partial charge is 0.495 e. The lowest BCUT2D eigenvalue weighted by atomic mass is 10.1. The number of unbranched alkanes of at least 4 members (excludes halogenated alkanes) is 1. The van der Waals surface area contributed by atoms with Crippen molar-refractivity contribution in [3.8, 4) is 5.75 Å². The van der Waals surface area contributed by atoms with E-state index in [-0.39, 0.29) is 11.8 Å². The van der Waals surface area contributed by atoms with Crippen LogP contribution in [0.4, 0.5) is 5.69 Å². The number of carbonyl (C=O) groups is 1. The summed E-state index contributed by atoms with van der Waals surface area (Å²) in [6, 6.07) is 8.10. The van der Waals surface area contributed by atoms with Crippen molar-refractivity contribution in [2.45, 2.75) is 31.4 Å². The van der Waals surface area contributed by atoms with E-state index in [1.54, 1.807) is 7.11 Å². The van der Waals surface area contributed by atoms with Crippen molar-refractivity contribution in [2.75, 3.05) is 57.2 Å². The first kappa shape index (κ1) is 20.9. The average Bonchev–Trinajstić information content (AvgIpc) is 2.84. The third-order valence-corrected chi connectivity index (χ3v) is 8.24. The molecule has 1 amide bonds. The highest BCUT2D eigenvalue weighted by Crippen LogP contribution is 2.29. The van der Waals surface area contributed by atoms with Gasteiger partial charge in [0, 0.05) is 32.7 Å². The molecule has 0 aromatic heterocycles. The van der Waals surface area contributed by atoms with Crippen molar-refractivity contribution in [1.82, 2.24) is 9.80 Å². The second-order valence-electron chi connectivity index (χ2n) is 8.03. The van der Waals surface area contributed by atoms with E-state index in [0.717, 1.165) is 57.0 Å². The van der Waals surface area contributed by atoms with Crippen LogP contribution in [0.15, 0.2) is 24.3 Å². The Kier molecular flexibility index (Phi) is 6.19. The number of amides is 1. The number of benzene rings is 1. The van der Waals surface area contributed by atoms with E-state index in [2.05, 4.69) is 15.9 Å². The zero-order valence-corrected chi connectivity index (χ0v) is 17.9. The highest BCUT2D eigenvalue weighted by Gasteiger charge is 2.51. The molecule has 2 aliphatic rings. The van der Waals surface area contributed by atoms with Gasteiger partial charge in [0.2, 0.25) is 5.91 Å². The topological polar surface area (TPSA) is 70.2 Å². The molecule has 0 N–H and O–H groups in total. The highest BCUT2D eigenvalue weighted by atomic mass is 32.2. The van der Waals surface area contributed by atoms with Crippen molar-refractivity contribution < 1.29 is 17.9 Å². The number of nitrogens with zero attached hydrogens (tertiary/aromatic N) is 3. The molecule has 2 saturated heterocycles. The molecule has 0 saturated carbocycles. The van der Waals surface area contributed by atoms with E-state index in [1.807, 2.05) is 18.2 Å². The summed E-state index contributed by atoms with van der Waals surface area (Å²) in [5.74, 6) is 0.498. The molecule has 2 fully saturated rings. The number of ether oxygens (including phenoxy) is 1. The predicted molar refractivity (Wildman–Crippen MR) is 110 cm³/mol. The van der Waals surface area contributed by atoms with Crippen LogP contribution in [0.25, 0.3) is 0 Å². The van der Waals surface area contributed by atoms with Crippen molar-refractivity contribution in [1.29, 1.82) is 0 Å². The first-order valence-electron chi connectivity index (χ1n) is 9.88. The maximum Gasteiger partial charge on any atom is 0.244 e. The summed E-state index contributed by atoms with van der Waals surface area (Å²) in [4.78, 5) is 18.6. The smallest absolute Gasteiger partial charge is 0.244 e. The molecule has 0 unspecified atom stereocenters. The van der Waals surface area contributed by atoms with Crippen molar-refractivity contribution >= 4 is 21.4 Å². The van der Waals surface area contributed by atoms with Gasteiger partial charge < -0.3 is 14.5 Å². The van der Waals surface area contributed by atoms with E-state index in [1.165, 1.54) is 18.7 Å². The minimum absolute atomic E-state index is 0.142. The number of hydrogen-bond acceptors (Lipinski definition) is 6. The van der Waals surface area contributed by atoms with Gasteiger partial charge in [0.1, 0.15) is 16.4 Å². The van der Waals surface area contributed by atoms with Crippen molar-refractivity contribution in [3.05, 3.63) is 24.3 Å². The van der Waals surface area contributed by atoms with Gasteiger partial charge in [-0.05, 0) is 45.4 Å². The Balaban J connectivity index is 1.40. The molecule has 0 atom stereocenters. The quantitative estimate of drug-likeness (QED) is 0.637. The number of carbonyl (C=O) groups excluding carboxylic acids is 1. The van der Waals surface area contributed by atoms with Gasteiger partial charge in [-0.15, -0.1) is 0 Å². The van der Waals surface area contributed by atoms with E-state index >= 15 is 0 Å². The second-order valence-corrected chi connectivity index (χ2v) is 10.5. The highest BCUT2D eigenvalue weighted by molar-refractivity contribution is 7.94. The Labute approximate surface area is 168 Å².